The lowest BCUT2D eigenvalue weighted by molar-refractivity contribution is 0.199. The third-order valence-electron chi connectivity index (χ3n) is 4.40. The molecule has 2 heterocycles. The fraction of sp³-hybridized carbons (Fsp3) is 0.471. The van der Waals surface area contributed by atoms with E-state index < -0.39 is 10.0 Å². The van der Waals surface area contributed by atoms with Crippen molar-refractivity contribution in [2.75, 3.05) is 50.5 Å². The number of ether oxygens (including phenoxy) is 1. The number of halogens is 1. The number of aromatic nitrogens is 1. The minimum absolute atomic E-state index is 0.134. The Hall–Kier alpha value is -1.41. The Balaban J connectivity index is 1.72. The summed E-state index contributed by atoms with van der Waals surface area (Å²) in [4.78, 5) is 6.57. The highest BCUT2D eigenvalue weighted by molar-refractivity contribution is 7.89. The Bertz CT molecular complexity index is 836. The van der Waals surface area contributed by atoms with Crippen LogP contribution in [0.25, 0.3) is 10.9 Å². The molecule has 3 rings (SSSR count). The molecule has 0 saturated carbocycles. The predicted octanol–water partition coefficient (Wildman–Crippen LogP) is 2.38. The van der Waals surface area contributed by atoms with Crippen LogP contribution in [0.1, 0.15) is 6.42 Å². The van der Waals surface area contributed by atoms with Gasteiger partial charge in [0.2, 0.25) is 10.0 Å². The van der Waals surface area contributed by atoms with E-state index in [1.807, 2.05) is 24.3 Å². The molecular formula is C17H22ClN3O3S. The van der Waals surface area contributed by atoms with Crippen molar-refractivity contribution in [2.24, 2.45) is 0 Å². The molecule has 6 nitrogen and oxygen atoms in total. The van der Waals surface area contributed by atoms with Crippen LogP contribution in [0.5, 0.6) is 0 Å². The summed E-state index contributed by atoms with van der Waals surface area (Å²) in [7, 11) is -1.64. The van der Waals surface area contributed by atoms with E-state index in [2.05, 4.69) is 9.88 Å². The molecule has 0 N–H and O–H groups in total. The second kappa shape index (κ2) is 7.86. The number of hydrogen-bond acceptors (Lipinski definition) is 5. The minimum Gasteiger partial charge on any atom is -0.385 e. The number of sulfonamides is 1. The van der Waals surface area contributed by atoms with Crippen molar-refractivity contribution in [3.05, 3.63) is 35.5 Å². The van der Waals surface area contributed by atoms with Gasteiger partial charge >= 0.3 is 0 Å². The third-order valence-corrected chi connectivity index (χ3v) is 6.60. The fourth-order valence-electron chi connectivity index (χ4n) is 3.10. The van der Waals surface area contributed by atoms with Gasteiger partial charge in [-0.2, -0.15) is 4.31 Å². The van der Waals surface area contributed by atoms with E-state index in [-0.39, 0.29) is 5.75 Å². The molecule has 0 spiro atoms. The number of pyridine rings is 1. The maximum atomic E-state index is 12.4. The summed E-state index contributed by atoms with van der Waals surface area (Å²) in [5.41, 5.74) is 1.93. The van der Waals surface area contributed by atoms with Crippen LogP contribution in [0.2, 0.25) is 5.02 Å². The molecule has 0 aliphatic carbocycles. The first-order chi connectivity index (χ1) is 12.0. The van der Waals surface area contributed by atoms with E-state index in [9.17, 15) is 8.42 Å². The molecular weight excluding hydrogens is 362 g/mol. The zero-order valence-electron chi connectivity index (χ0n) is 14.2. The quantitative estimate of drug-likeness (QED) is 0.716. The summed E-state index contributed by atoms with van der Waals surface area (Å²) in [6.45, 7) is 2.73. The predicted molar refractivity (Wildman–Crippen MR) is 101 cm³/mol. The monoisotopic (exact) mass is 383 g/mol. The van der Waals surface area contributed by atoms with Crippen molar-refractivity contribution in [1.29, 1.82) is 0 Å². The van der Waals surface area contributed by atoms with Crippen LogP contribution in [-0.2, 0) is 14.8 Å². The lowest BCUT2D eigenvalue weighted by Crippen LogP contribution is -2.49. The van der Waals surface area contributed by atoms with Crippen LogP contribution in [0, 0.1) is 0 Å². The normalized spacial score (nSPS) is 16.5. The first kappa shape index (κ1) is 18.4. The van der Waals surface area contributed by atoms with Crippen LogP contribution in [0.15, 0.2) is 30.5 Å². The zero-order valence-corrected chi connectivity index (χ0v) is 15.8. The topological polar surface area (TPSA) is 62.7 Å². The summed E-state index contributed by atoms with van der Waals surface area (Å²) in [6.07, 6.45) is 2.30. The second-order valence-electron chi connectivity index (χ2n) is 6.04. The molecule has 136 valence electrons. The molecule has 0 atom stereocenters. The molecule has 0 unspecified atom stereocenters. The Morgan fingerprint density at radius 2 is 1.96 bits per heavy atom. The zero-order chi connectivity index (χ0) is 17.9. The van der Waals surface area contributed by atoms with Gasteiger partial charge in [0.25, 0.3) is 0 Å². The van der Waals surface area contributed by atoms with Gasteiger partial charge < -0.3 is 9.64 Å². The first-order valence-electron chi connectivity index (χ1n) is 8.27. The Morgan fingerprint density at radius 3 is 2.68 bits per heavy atom. The lowest BCUT2D eigenvalue weighted by atomic mass is 10.1. The largest absolute Gasteiger partial charge is 0.385 e. The third kappa shape index (κ3) is 4.23. The van der Waals surface area contributed by atoms with Crippen molar-refractivity contribution in [1.82, 2.24) is 9.29 Å². The highest BCUT2D eigenvalue weighted by Crippen LogP contribution is 2.28. The number of nitrogens with zero attached hydrogens (tertiary/aromatic N) is 3. The van der Waals surface area contributed by atoms with Crippen molar-refractivity contribution in [3.63, 3.8) is 0 Å². The molecule has 0 bridgehead atoms. The molecule has 1 aromatic heterocycles. The van der Waals surface area contributed by atoms with Crippen molar-refractivity contribution in [2.45, 2.75) is 6.42 Å². The highest BCUT2D eigenvalue weighted by atomic mass is 35.5. The lowest BCUT2D eigenvalue weighted by Gasteiger charge is -2.35. The standard InChI is InChI=1S/C17H22ClN3O3S/c1-24-11-2-12-25(22,23)21-9-7-20(8-10-21)17-5-6-19-16-4-3-14(18)13-15(16)17/h3-6,13H,2,7-12H2,1H3. The molecule has 1 aromatic carbocycles. The van der Waals surface area contributed by atoms with Crippen LogP contribution in [0.4, 0.5) is 5.69 Å². The molecule has 1 saturated heterocycles. The van der Waals surface area contributed by atoms with Crippen LogP contribution in [0.3, 0.4) is 0 Å². The number of methoxy groups -OCH3 is 1. The van der Waals surface area contributed by atoms with E-state index in [4.69, 9.17) is 16.3 Å². The maximum Gasteiger partial charge on any atom is 0.214 e. The molecule has 8 heteroatoms. The van der Waals surface area contributed by atoms with Gasteiger partial charge in [-0.3, -0.25) is 4.98 Å². The Kier molecular flexibility index (Phi) is 5.78. The van der Waals surface area contributed by atoms with E-state index in [1.165, 1.54) is 0 Å². The SMILES string of the molecule is COCCCS(=O)(=O)N1CCN(c2ccnc3ccc(Cl)cc23)CC1. The number of benzene rings is 1. The van der Waals surface area contributed by atoms with Gasteiger partial charge in [-0.05, 0) is 30.7 Å². The number of anilines is 1. The van der Waals surface area contributed by atoms with Crippen molar-refractivity contribution < 1.29 is 13.2 Å². The van der Waals surface area contributed by atoms with Gasteiger partial charge in [0.15, 0.2) is 0 Å². The van der Waals surface area contributed by atoms with E-state index in [1.54, 1.807) is 17.6 Å². The Morgan fingerprint density at radius 1 is 1.20 bits per heavy atom. The van der Waals surface area contributed by atoms with Crippen LogP contribution >= 0.6 is 11.6 Å². The second-order valence-corrected chi connectivity index (χ2v) is 8.56. The molecule has 1 aliphatic rings. The average molecular weight is 384 g/mol. The molecule has 0 amide bonds. The number of rotatable bonds is 6. The van der Waals surface area contributed by atoms with Crippen LogP contribution < -0.4 is 4.90 Å². The number of fused-ring (bicyclic) bond motifs is 1. The summed E-state index contributed by atoms with van der Waals surface area (Å²) in [5.74, 6) is 0.134. The van der Waals surface area contributed by atoms with E-state index in [0.717, 1.165) is 16.6 Å². The van der Waals surface area contributed by atoms with Gasteiger partial charge in [-0.25, -0.2) is 8.42 Å². The van der Waals surface area contributed by atoms with Crippen molar-refractivity contribution in [3.8, 4) is 0 Å². The van der Waals surface area contributed by atoms with Gasteiger partial charge in [-0.15, -0.1) is 0 Å². The molecule has 25 heavy (non-hydrogen) atoms. The molecule has 1 aliphatic heterocycles. The van der Waals surface area contributed by atoms with Crippen LogP contribution in [-0.4, -0.2) is 63.4 Å². The minimum atomic E-state index is -3.22. The summed E-state index contributed by atoms with van der Waals surface area (Å²) in [5, 5.41) is 1.66. The first-order valence-corrected chi connectivity index (χ1v) is 10.3. The maximum absolute atomic E-state index is 12.4. The Labute approximate surface area is 153 Å². The van der Waals surface area contributed by atoms with Gasteiger partial charge in [0, 0.05) is 62.2 Å². The fourth-order valence-corrected chi connectivity index (χ4v) is 4.73. The average Bonchev–Trinajstić information content (AvgIpc) is 2.61. The van der Waals surface area contributed by atoms with E-state index in [0.29, 0.717) is 44.2 Å². The van der Waals surface area contributed by atoms with Gasteiger partial charge in [-0.1, -0.05) is 11.6 Å². The summed E-state index contributed by atoms with van der Waals surface area (Å²) in [6, 6.07) is 7.59. The smallest absolute Gasteiger partial charge is 0.214 e. The van der Waals surface area contributed by atoms with Crippen molar-refractivity contribution >= 4 is 38.2 Å². The summed E-state index contributed by atoms with van der Waals surface area (Å²) < 4.78 is 31.3. The molecule has 0 radical (unpaired) electrons. The van der Waals surface area contributed by atoms with Gasteiger partial charge in [0.05, 0.1) is 11.3 Å². The number of hydrogen-bond donors (Lipinski definition) is 0. The van der Waals surface area contributed by atoms with Gasteiger partial charge in [0.1, 0.15) is 0 Å². The molecule has 2 aromatic rings. The number of piperazine rings is 1. The van der Waals surface area contributed by atoms with E-state index >= 15 is 0 Å². The highest BCUT2D eigenvalue weighted by Gasteiger charge is 2.27. The summed E-state index contributed by atoms with van der Waals surface area (Å²) >= 11 is 6.13. The molecule has 1 fully saturated rings.